The number of hydrogen-bond acceptors (Lipinski definition) is 4. The van der Waals surface area contributed by atoms with Gasteiger partial charge < -0.3 is 19.8 Å². The van der Waals surface area contributed by atoms with Crippen LogP contribution in [0.5, 0.6) is 0 Å². The van der Waals surface area contributed by atoms with Gasteiger partial charge in [-0.25, -0.2) is 0 Å². The van der Waals surface area contributed by atoms with Gasteiger partial charge in [0.15, 0.2) is 16.6 Å². The van der Waals surface area contributed by atoms with Gasteiger partial charge in [0.25, 0.3) is 0 Å². The third-order valence-electron chi connectivity index (χ3n) is 3.95. The van der Waals surface area contributed by atoms with Crippen LogP contribution in [0.1, 0.15) is 41.5 Å². The normalized spacial score (nSPS) is 9.71. The Balaban J connectivity index is -0.0000000630. The molecule has 0 aliphatic heterocycles. The van der Waals surface area contributed by atoms with Gasteiger partial charge in [0, 0.05) is 40.4 Å². The molecule has 0 bridgehead atoms. The molecule has 0 saturated heterocycles. The zero-order valence-electron chi connectivity index (χ0n) is 15.5. The molecule has 0 saturated carbocycles. The average Bonchev–Trinajstić information content (AvgIpc) is 2.57. The SMILES string of the molecule is CC[Si](O)(CC)CC.CC[Si](O)(CC)CC.CO.CO.[Zr]. The first-order valence-corrected chi connectivity index (χ1v) is 12.8. The van der Waals surface area contributed by atoms with Crippen LogP contribution in [0.2, 0.25) is 36.3 Å². The van der Waals surface area contributed by atoms with Crippen molar-refractivity contribution in [1.82, 2.24) is 0 Å². The van der Waals surface area contributed by atoms with Gasteiger partial charge in [-0.15, -0.1) is 0 Å². The van der Waals surface area contributed by atoms with E-state index in [4.69, 9.17) is 10.2 Å². The minimum absolute atomic E-state index is 0. The van der Waals surface area contributed by atoms with Crippen LogP contribution < -0.4 is 0 Å². The fourth-order valence-corrected chi connectivity index (χ4v) is 4.50. The zero-order chi connectivity index (χ0) is 17.2. The molecule has 0 aromatic heterocycles. The average molecular weight is 420 g/mol. The second-order valence-corrected chi connectivity index (χ2v) is 13.7. The van der Waals surface area contributed by atoms with Crippen LogP contribution in [-0.4, -0.2) is 50.7 Å². The van der Waals surface area contributed by atoms with E-state index in [1.54, 1.807) is 0 Å². The Hall–Kier alpha value is 1.16. The van der Waals surface area contributed by atoms with Crippen molar-refractivity contribution >= 4 is 16.6 Å². The summed E-state index contributed by atoms with van der Waals surface area (Å²) in [6, 6.07) is 6.08. The predicted octanol–water partition coefficient (Wildman–Crippen LogP) is 3.18. The van der Waals surface area contributed by atoms with Crippen LogP contribution in [0, 0.1) is 0 Å². The summed E-state index contributed by atoms with van der Waals surface area (Å²) >= 11 is 0. The predicted molar refractivity (Wildman–Crippen MR) is 95.1 cm³/mol. The largest absolute Gasteiger partial charge is 0.432 e. The van der Waals surface area contributed by atoms with Crippen molar-refractivity contribution in [1.29, 1.82) is 0 Å². The Morgan fingerprint density at radius 3 is 0.571 bits per heavy atom. The maximum Gasteiger partial charge on any atom is 0.187 e. The molecule has 21 heavy (non-hydrogen) atoms. The molecular formula is C14H40O4Si2Zr. The Kier molecular flexibility index (Phi) is 37.6. The van der Waals surface area contributed by atoms with Crippen molar-refractivity contribution in [2.45, 2.75) is 77.8 Å². The van der Waals surface area contributed by atoms with Crippen molar-refractivity contribution in [3.63, 3.8) is 0 Å². The molecule has 7 heteroatoms. The van der Waals surface area contributed by atoms with Crippen LogP contribution in [-0.2, 0) is 26.2 Å². The van der Waals surface area contributed by atoms with Gasteiger partial charge in [-0.05, 0) is 36.3 Å². The van der Waals surface area contributed by atoms with E-state index < -0.39 is 16.6 Å². The number of hydrogen-bond donors (Lipinski definition) is 4. The molecule has 0 aromatic carbocycles. The Bertz CT molecular complexity index is 133. The summed E-state index contributed by atoms with van der Waals surface area (Å²) < 4.78 is 0. The van der Waals surface area contributed by atoms with Gasteiger partial charge in [0.1, 0.15) is 0 Å². The quantitative estimate of drug-likeness (QED) is 0.498. The third-order valence-corrected chi connectivity index (χ3v) is 11.8. The molecule has 0 aliphatic carbocycles. The fraction of sp³-hybridized carbons (Fsp3) is 1.00. The summed E-state index contributed by atoms with van der Waals surface area (Å²) in [5.74, 6) is 0. The molecule has 0 rings (SSSR count). The summed E-state index contributed by atoms with van der Waals surface area (Å²) in [6.45, 7) is 12.5. The first-order chi connectivity index (χ1) is 9.36. The van der Waals surface area contributed by atoms with E-state index >= 15 is 0 Å². The maximum atomic E-state index is 9.58. The van der Waals surface area contributed by atoms with E-state index in [9.17, 15) is 9.59 Å². The molecule has 0 amide bonds. The van der Waals surface area contributed by atoms with E-state index in [2.05, 4.69) is 41.5 Å². The van der Waals surface area contributed by atoms with Gasteiger partial charge in [-0.2, -0.15) is 0 Å². The third kappa shape index (κ3) is 21.2. The van der Waals surface area contributed by atoms with Gasteiger partial charge in [0.2, 0.25) is 0 Å². The minimum Gasteiger partial charge on any atom is -0.432 e. The second-order valence-electron chi connectivity index (χ2n) is 4.57. The molecule has 4 N–H and O–H groups in total. The van der Waals surface area contributed by atoms with Crippen molar-refractivity contribution in [2.24, 2.45) is 0 Å². The van der Waals surface area contributed by atoms with Crippen molar-refractivity contribution < 1.29 is 46.0 Å². The Morgan fingerprint density at radius 1 is 0.476 bits per heavy atom. The first-order valence-electron chi connectivity index (χ1n) is 7.71. The van der Waals surface area contributed by atoms with Crippen molar-refractivity contribution in [3.8, 4) is 0 Å². The molecule has 0 radical (unpaired) electrons. The summed E-state index contributed by atoms with van der Waals surface area (Å²) in [4.78, 5) is 19.2. The Morgan fingerprint density at radius 2 is 0.571 bits per heavy atom. The second kappa shape index (κ2) is 23.4. The molecule has 0 aromatic rings. The zero-order valence-corrected chi connectivity index (χ0v) is 20.0. The van der Waals surface area contributed by atoms with E-state index in [0.29, 0.717) is 0 Å². The van der Waals surface area contributed by atoms with Gasteiger partial charge >= 0.3 is 0 Å². The number of rotatable bonds is 6. The minimum atomic E-state index is -1.67. The molecule has 0 spiro atoms. The molecule has 0 aliphatic rings. The van der Waals surface area contributed by atoms with E-state index in [1.165, 1.54) is 0 Å². The molecule has 4 nitrogen and oxygen atoms in total. The Labute approximate surface area is 154 Å². The van der Waals surface area contributed by atoms with Gasteiger partial charge in [-0.1, -0.05) is 41.5 Å². The molecule has 0 fully saturated rings. The van der Waals surface area contributed by atoms with Gasteiger partial charge in [-0.3, -0.25) is 0 Å². The summed E-state index contributed by atoms with van der Waals surface area (Å²) in [5, 5.41) is 14.0. The molecular weight excluding hydrogens is 380 g/mol. The molecule has 0 heterocycles. The van der Waals surface area contributed by atoms with Crippen molar-refractivity contribution in [3.05, 3.63) is 0 Å². The summed E-state index contributed by atoms with van der Waals surface area (Å²) in [6.07, 6.45) is 0. The van der Waals surface area contributed by atoms with Crippen LogP contribution >= 0.6 is 0 Å². The standard InChI is InChI=1S/2C6H16OSi.2CH4O.Zr/c2*1-4-8(7,5-2)6-3;2*1-2;/h2*7H,4-6H2,1-3H3;2*2H,1H3;. The van der Waals surface area contributed by atoms with E-state index in [-0.39, 0.29) is 26.2 Å². The smallest absolute Gasteiger partial charge is 0.187 e. The van der Waals surface area contributed by atoms with E-state index in [1.807, 2.05) is 0 Å². The number of aliphatic hydroxyl groups excluding tert-OH is 2. The van der Waals surface area contributed by atoms with Crippen LogP contribution in [0.3, 0.4) is 0 Å². The maximum absolute atomic E-state index is 9.58. The summed E-state index contributed by atoms with van der Waals surface area (Å²) in [5.41, 5.74) is 0. The monoisotopic (exact) mass is 418 g/mol. The van der Waals surface area contributed by atoms with Crippen molar-refractivity contribution in [2.75, 3.05) is 14.2 Å². The first kappa shape index (κ1) is 33.7. The van der Waals surface area contributed by atoms with Crippen LogP contribution in [0.15, 0.2) is 0 Å². The fourth-order valence-electron chi connectivity index (χ4n) is 1.50. The van der Waals surface area contributed by atoms with Crippen LogP contribution in [0.25, 0.3) is 0 Å². The summed E-state index contributed by atoms with van der Waals surface area (Å²) in [7, 11) is -1.34. The van der Waals surface area contributed by atoms with E-state index in [0.717, 1.165) is 50.5 Å². The molecule has 0 unspecified atom stereocenters. The van der Waals surface area contributed by atoms with Crippen LogP contribution in [0.4, 0.5) is 0 Å². The van der Waals surface area contributed by atoms with Gasteiger partial charge in [0.05, 0.1) is 0 Å². The molecule has 132 valence electrons. The number of aliphatic hydroxyl groups is 2. The topological polar surface area (TPSA) is 80.9 Å². The molecule has 0 atom stereocenters.